The summed E-state index contributed by atoms with van der Waals surface area (Å²) in [4.78, 5) is 2.96. The standard InChI is InChI=1S/C18H34N2/c1-2-3-15-4-6-17(7-5-15)20(18-8-9-18)14-16-10-12-19-13-11-16/h15-19H,2-14H2,1H3. The normalized spacial score (nSPS) is 32.7. The van der Waals surface area contributed by atoms with Crippen LogP contribution in [0, 0.1) is 11.8 Å². The Morgan fingerprint density at radius 2 is 1.40 bits per heavy atom. The van der Waals surface area contributed by atoms with Gasteiger partial charge in [-0.25, -0.2) is 0 Å². The molecule has 2 heteroatoms. The van der Waals surface area contributed by atoms with Gasteiger partial charge in [0.15, 0.2) is 0 Å². The number of nitrogens with zero attached hydrogens (tertiary/aromatic N) is 1. The van der Waals surface area contributed by atoms with Crippen LogP contribution in [0.25, 0.3) is 0 Å². The summed E-state index contributed by atoms with van der Waals surface area (Å²) < 4.78 is 0. The fraction of sp³-hybridized carbons (Fsp3) is 1.00. The predicted octanol–water partition coefficient (Wildman–Crippen LogP) is 3.81. The summed E-state index contributed by atoms with van der Waals surface area (Å²) in [6.07, 6.45) is 14.7. The van der Waals surface area contributed by atoms with Crippen LogP contribution >= 0.6 is 0 Å². The average Bonchev–Trinajstić information content (AvgIpc) is 3.32. The zero-order valence-electron chi connectivity index (χ0n) is 13.4. The fourth-order valence-electron chi connectivity index (χ4n) is 4.54. The molecular weight excluding hydrogens is 244 g/mol. The molecule has 20 heavy (non-hydrogen) atoms. The molecule has 0 unspecified atom stereocenters. The van der Waals surface area contributed by atoms with Crippen LogP contribution in [0.4, 0.5) is 0 Å². The van der Waals surface area contributed by atoms with Crippen molar-refractivity contribution in [3.05, 3.63) is 0 Å². The molecule has 0 aromatic heterocycles. The minimum absolute atomic E-state index is 0.936. The Labute approximate surface area is 125 Å². The lowest BCUT2D eigenvalue weighted by atomic mass is 9.82. The first kappa shape index (κ1) is 14.8. The van der Waals surface area contributed by atoms with Crippen molar-refractivity contribution in [3.8, 4) is 0 Å². The lowest BCUT2D eigenvalue weighted by Crippen LogP contribution is -2.44. The van der Waals surface area contributed by atoms with Gasteiger partial charge in [0.2, 0.25) is 0 Å². The molecule has 1 saturated heterocycles. The van der Waals surface area contributed by atoms with E-state index in [0.29, 0.717) is 0 Å². The number of hydrogen-bond donors (Lipinski definition) is 1. The molecule has 0 bridgehead atoms. The van der Waals surface area contributed by atoms with Crippen molar-refractivity contribution < 1.29 is 0 Å². The van der Waals surface area contributed by atoms with Crippen LogP contribution in [0.1, 0.15) is 71.1 Å². The molecule has 0 aromatic rings. The molecule has 3 aliphatic rings. The molecule has 2 saturated carbocycles. The van der Waals surface area contributed by atoms with Crippen molar-refractivity contribution in [2.45, 2.75) is 83.2 Å². The van der Waals surface area contributed by atoms with Gasteiger partial charge < -0.3 is 5.32 Å². The Balaban J connectivity index is 1.49. The van der Waals surface area contributed by atoms with E-state index >= 15 is 0 Å². The Bertz CT molecular complexity index is 273. The number of piperidine rings is 1. The highest BCUT2D eigenvalue weighted by molar-refractivity contribution is 4.92. The van der Waals surface area contributed by atoms with Crippen molar-refractivity contribution in [2.75, 3.05) is 19.6 Å². The lowest BCUT2D eigenvalue weighted by Gasteiger charge is -2.39. The SMILES string of the molecule is CCCC1CCC(N(CC2CCNCC2)C2CC2)CC1. The maximum absolute atomic E-state index is 3.51. The zero-order chi connectivity index (χ0) is 13.8. The summed E-state index contributed by atoms with van der Waals surface area (Å²) in [5, 5.41) is 3.51. The number of nitrogens with one attached hydrogen (secondary N) is 1. The molecule has 0 radical (unpaired) electrons. The summed E-state index contributed by atoms with van der Waals surface area (Å²) >= 11 is 0. The highest BCUT2D eigenvalue weighted by atomic mass is 15.2. The molecule has 1 N–H and O–H groups in total. The first-order valence-electron chi connectivity index (χ1n) is 9.33. The van der Waals surface area contributed by atoms with E-state index in [4.69, 9.17) is 0 Å². The summed E-state index contributed by atoms with van der Waals surface area (Å²) in [6, 6.07) is 1.91. The van der Waals surface area contributed by atoms with Gasteiger partial charge in [-0.2, -0.15) is 0 Å². The maximum atomic E-state index is 3.51. The molecule has 0 atom stereocenters. The van der Waals surface area contributed by atoms with Crippen molar-refractivity contribution >= 4 is 0 Å². The van der Waals surface area contributed by atoms with E-state index in [1.54, 1.807) is 0 Å². The average molecular weight is 278 g/mol. The minimum Gasteiger partial charge on any atom is -0.317 e. The molecule has 116 valence electrons. The largest absolute Gasteiger partial charge is 0.317 e. The van der Waals surface area contributed by atoms with Crippen molar-refractivity contribution in [1.82, 2.24) is 10.2 Å². The zero-order valence-corrected chi connectivity index (χ0v) is 13.4. The molecule has 2 nitrogen and oxygen atoms in total. The summed E-state index contributed by atoms with van der Waals surface area (Å²) in [7, 11) is 0. The third-order valence-corrected chi connectivity index (χ3v) is 5.93. The monoisotopic (exact) mass is 278 g/mol. The van der Waals surface area contributed by atoms with Gasteiger partial charge in [-0.05, 0) is 76.3 Å². The summed E-state index contributed by atoms with van der Waals surface area (Å²) in [5.41, 5.74) is 0. The van der Waals surface area contributed by atoms with Gasteiger partial charge in [-0.15, -0.1) is 0 Å². The predicted molar refractivity (Wildman–Crippen MR) is 86.0 cm³/mol. The van der Waals surface area contributed by atoms with Crippen molar-refractivity contribution in [2.24, 2.45) is 11.8 Å². The molecular formula is C18H34N2. The van der Waals surface area contributed by atoms with Gasteiger partial charge in [-0.1, -0.05) is 19.8 Å². The van der Waals surface area contributed by atoms with E-state index in [0.717, 1.165) is 23.9 Å². The topological polar surface area (TPSA) is 15.3 Å². The van der Waals surface area contributed by atoms with E-state index in [9.17, 15) is 0 Å². The molecule has 0 aromatic carbocycles. The molecule has 3 fully saturated rings. The lowest BCUT2D eigenvalue weighted by molar-refractivity contribution is 0.0994. The molecule has 0 amide bonds. The van der Waals surface area contributed by atoms with Gasteiger partial charge in [0.1, 0.15) is 0 Å². The Morgan fingerprint density at radius 3 is 1.95 bits per heavy atom. The molecule has 2 aliphatic carbocycles. The highest BCUT2D eigenvalue weighted by Crippen LogP contribution is 2.37. The third kappa shape index (κ3) is 3.98. The van der Waals surface area contributed by atoms with Gasteiger partial charge in [0.25, 0.3) is 0 Å². The van der Waals surface area contributed by atoms with E-state index < -0.39 is 0 Å². The molecule has 1 heterocycles. The quantitative estimate of drug-likeness (QED) is 0.795. The van der Waals surface area contributed by atoms with Crippen molar-refractivity contribution in [3.63, 3.8) is 0 Å². The van der Waals surface area contributed by atoms with Crippen LogP contribution in [0.3, 0.4) is 0 Å². The van der Waals surface area contributed by atoms with Crippen LogP contribution in [0.5, 0.6) is 0 Å². The maximum Gasteiger partial charge on any atom is 0.00994 e. The Kier molecular flexibility index (Phi) is 5.39. The van der Waals surface area contributed by atoms with E-state index in [1.807, 2.05) is 0 Å². The van der Waals surface area contributed by atoms with E-state index in [1.165, 1.54) is 83.8 Å². The molecule has 3 rings (SSSR count). The van der Waals surface area contributed by atoms with E-state index in [-0.39, 0.29) is 0 Å². The first-order valence-corrected chi connectivity index (χ1v) is 9.33. The second-order valence-electron chi connectivity index (χ2n) is 7.58. The van der Waals surface area contributed by atoms with Crippen LogP contribution in [-0.2, 0) is 0 Å². The molecule has 1 aliphatic heterocycles. The summed E-state index contributed by atoms with van der Waals surface area (Å²) in [5.74, 6) is 2.03. The highest BCUT2D eigenvalue weighted by Gasteiger charge is 2.36. The first-order chi connectivity index (χ1) is 9.86. The summed E-state index contributed by atoms with van der Waals surface area (Å²) in [6.45, 7) is 6.27. The van der Waals surface area contributed by atoms with E-state index in [2.05, 4.69) is 17.1 Å². The minimum atomic E-state index is 0.936. The van der Waals surface area contributed by atoms with Crippen LogP contribution in [-0.4, -0.2) is 36.6 Å². The van der Waals surface area contributed by atoms with Gasteiger partial charge in [0, 0.05) is 18.6 Å². The van der Waals surface area contributed by atoms with Crippen LogP contribution < -0.4 is 5.32 Å². The number of rotatable bonds is 6. The number of hydrogen-bond acceptors (Lipinski definition) is 2. The van der Waals surface area contributed by atoms with Gasteiger partial charge >= 0.3 is 0 Å². The smallest absolute Gasteiger partial charge is 0.00994 e. The second kappa shape index (κ2) is 7.26. The van der Waals surface area contributed by atoms with Gasteiger partial charge in [-0.3, -0.25) is 4.90 Å². The van der Waals surface area contributed by atoms with Crippen LogP contribution in [0.15, 0.2) is 0 Å². The Hall–Kier alpha value is -0.0800. The van der Waals surface area contributed by atoms with Gasteiger partial charge in [0.05, 0.1) is 0 Å². The third-order valence-electron chi connectivity index (χ3n) is 5.93. The van der Waals surface area contributed by atoms with Crippen molar-refractivity contribution in [1.29, 1.82) is 0 Å². The Morgan fingerprint density at radius 1 is 0.800 bits per heavy atom. The second-order valence-corrected chi connectivity index (χ2v) is 7.58. The fourth-order valence-corrected chi connectivity index (χ4v) is 4.54. The molecule has 0 spiro atoms. The van der Waals surface area contributed by atoms with Crippen LogP contribution in [0.2, 0.25) is 0 Å².